The number of ether oxygens (including phenoxy) is 3. The molecule has 0 N–H and O–H groups in total. The third-order valence-electron chi connectivity index (χ3n) is 5.20. The van der Waals surface area contributed by atoms with Crippen LogP contribution in [0.15, 0.2) is 35.2 Å². The number of thiocarbonyl (C=S) groups is 1. The number of likely N-dealkylation sites (N-methyl/N-ethyl adjacent to an activating group) is 1. The first-order chi connectivity index (χ1) is 16.2. The highest BCUT2D eigenvalue weighted by molar-refractivity contribution is 8.26. The second-order valence-electron chi connectivity index (χ2n) is 8.25. The molecule has 1 saturated heterocycles. The number of hydrogen-bond donors (Lipinski definition) is 0. The van der Waals surface area contributed by atoms with Crippen LogP contribution < -0.4 is 14.2 Å². The van der Waals surface area contributed by atoms with Crippen LogP contribution in [0.4, 0.5) is 0 Å². The molecule has 1 fully saturated rings. The molecule has 0 saturated carbocycles. The quantitative estimate of drug-likeness (QED) is 0.194. The molecular weight excluding hydrogens is 490 g/mol. The average molecular weight is 520 g/mol. The van der Waals surface area contributed by atoms with E-state index < -0.39 is 0 Å². The van der Waals surface area contributed by atoms with Gasteiger partial charge >= 0.3 is 0 Å². The Morgan fingerprint density at radius 3 is 2.50 bits per heavy atom. The Hall–Kier alpha value is -2.22. The molecule has 5 nitrogen and oxygen atoms in total. The fourth-order valence-electron chi connectivity index (χ4n) is 3.43. The number of hydrogen-bond acceptors (Lipinski definition) is 6. The molecule has 3 rings (SSSR count). The summed E-state index contributed by atoms with van der Waals surface area (Å²) >= 11 is 13.0. The standard InChI is InChI=1S/C26H30ClNO4S2/c1-6-30-22-14-18(15-23-25(29)28(5)26(33)34-23)13-20(27)24(22)32-11-7-10-31-21-12-17(4)8-9-19(21)16(2)3/h8-9,12-16H,6-7,10-11H2,1-5H3/b23-15-. The van der Waals surface area contributed by atoms with E-state index in [2.05, 4.69) is 39.0 Å². The molecule has 0 radical (unpaired) electrons. The molecular formula is C26H30ClNO4S2. The first kappa shape index (κ1) is 26.4. The zero-order valence-corrected chi connectivity index (χ0v) is 22.5. The molecule has 0 atom stereocenters. The summed E-state index contributed by atoms with van der Waals surface area (Å²) in [6.07, 6.45) is 2.46. The van der Waals surface area contributed by atoms with Crippen molar-refractivity contribution < 1.29 is 19.0 Å². The average Bonchev–Trinajstić information content (AvgIpc) is 3.01. The number of amides is 1. The fourth-order valence-corrected chi connectivity index (χ4v) is 4.88. The molecule has 8 heteroatoms. The Kier molecular flexibility index (Phi) is 9.28. The third-order valence-corrected chi connectivity index (χ3v) is 6.97. The minimum absolute atomic E-state index is 0.126. The van der Waals surface area contributed by atoms with Crippen molar-refractivity contribution >= 4 is 51.9 Å². The van der Waals surface area contributed by atoms with Gasteiger partial charge in [0.1, 0.15) is 10.1 Å². The lowest BCUT2D eigenvalue weighted by molar-refractivity contribution is -0.121. The smallest absolute Gasteiger partial charge is 0.265 e. The normalized spacial score (nSPS) is 14.9. The molecule has 2 aromatic rings. The molecule has 0 aromatic heterocycles. The predicted molar refractivity (Wildman–Crippen MR) is 144 cm³/mol. The lowest BCUT2D eigenvalue weighted by atomic mass is 10.0. The minimum Gasteiger partial charge on any atom is -0.493 e. The summed E-state index contributed by atoms with van der Waals surface area (Å²) < 4.78 is 18.3. The van der Waals surface area contributed by atoms with E-state index >= 15 is 0 Å². The van der Waals surface area contributed by atoms with Crippen molar-refractivity contribution in [3.05, 3.63) is 56.9 Å². The van der Waals surface area contributed by atoms with Crippen molar-refractivity contribution in [1.82, 2.24) is 4.90 Å². The van der Waals surface area contributed by atoms with Crippen molar-refractivity contribution in [1.29, 1.82) is 0 Å². The van der Waals surface area contributed by atoms with Gasteiger partial charge in [0.25, 0.3) is 5.91 Å². The second-order valence-corrected chi connectivity index (χ2v) is 10.3. The van der Waals surface area contributed by atoms with Gasteiger partial charge in [-0.3, -0.25) is 9.69 Å². The summed E-state index contributed by atoms with van der Waals surface area (Å²) in [7, 11) is 1.67. The molecule has 34 heavy (non-hydrogen) atoms. The molecule has 1 heterocycles. The Morgan fingerprint density at radius 1 is 1.12 bits per heavy atom. The van der Waals surface area contributed by atoms with Crippen molar-refractivity contribution in [3.63, 3.8) is 0 Å². The molecule has 1 aliphatic heterocycles. The number of nitrogens with zero attached hydrogens (tertiary/aromatic N) is 1. The lowest BCUT2D eigenvalue weighted by Gasteiger charge is -2.16. The molecule has 182 valence electrons. The molecule has 1 amide bonds. The topological polar surface area (TPSA) is 48.0 Å². The zero-order chi connectivity index (χ0) is 24.8. The Balaban J connectivity index is 1.65. The van der Waals surface area contributed by atoms with E-state index in [0.717, 1.165) is 11.3 Å². The van der Waals surface area contributed by atoms with E-state index in [1.165, 1.54) is 27.8 Å². The van der Waals surface area contributed by atoms with Gasteiger partial charge in [-0.15, -0.1) is 0 Å². The fraction of sp³-hybridized carbons (Fsp3) is 0.385. The highest BCUT2D eigenvalue weighted by atomic mass is 35.5. The summed E-state index contributed by atoms with van der Waals surface area (Å²) in [5.41, 5.74) is 3.12. The SMILES string of the molecule is CCOc1cc(/C=C2\SC(=S)N(C)C2=O)cc(Cl)c1OCCCOc1cc(C)ccc1C(C)C. The van der Waals surface area contributed by atoms with Gasteiger partial charge in [-0.05, 0) is 60.7 Å². The molecule has 1 aliphatic rings. The van der Waals surface area contributed by atoms with Crippen LogP contribution in [0.1, 0.15) is 49.8 Å². The molecule has 0 spiro atoms. The maximum absolute atomic E-state index is 12.3. The van der Waals surface area contributed by atoms with Crippen LogP contribution in [-0.4, -0.2) is 42.0 Å². The first-order valence-corrected chi connectivity index (χ1v) is 12.9. The van der Waals surface area contributed by atoms with Gasteiger partial charge in [-0.2, -0.15) is 0 Å². The van der Waals surface area contributed by atoms with Crippen LogP contribution in [0.2, 0.25) is 5.02 Å². The van der Waals surface area contributed by atoms with Crippen molar-refractivity contribution in [2.75, 3.05) is 26.9 Å². The summed E-state index contributed by atoms with van der Waals surface area (Å²) in [4.78, 5) is 14.3. The second kappa shape index (κ2) is 12.0. The summed E-state index contributed by atoms with van der Waals surface area (Å²) in [5, 5.41) is 0.422. The maximum Gasteiger partial charge on any atom is 0.265 e. The number of rotatable bonds is 10. The largest absolute Gasteiger partial charge is 0.493 e. The zero-order valence-electron chi connectivity index (χ0n) is 20.1. The number of carbonyl (C=O) groups is 1. The van der Waals surface area contributed by atoms with E-state index in [4.69, 9.17) is 38.0 Å². The van der Waals surface area contributed by atoms with Crippen LogP contribution in [0.3, 0.4) is 0 Å². The number of carbonyl (C=O) groups excluding carboxylic acids is 1. The molecule has 0 bridgehead atoms. The van der Waals surface area contributed by atoms with Gasteiger partial charge in [0.2, 0.25) is 0 Å². The van der Waals surface area contributed by atoms with Gasteiger partial charge in [-0.25, -0.2) is 0 Å². The van der Waals surface area contributed by atoms with Gasteiger partial charge in [0.15, 0.2) is 11.5 Å². The minimum atomic E-state index is -0.126. The Morgan fingerprint density at radius 2 is 1.85 bits per heavy atom. The van der Waals surface area contributed by atoms with Gasteiger partial charge in [-0.1, -0.05) is 61.6 Å². The van der Waals surface area contributed by atoms with Crippen LogP contribution in [0.5, 0.6) is 17.2 Å². The number of thioether (sulfide) groups is 1. The van der Waals surface area contributed by atoms with Gasteiger partial charge in [0, 0.05) is 13.5 Å². The third kappa shape index (κ3) is 6.46. The summed E-state index contributed by atoms with van der Waals surface area (Å²) in [5.74, 6) is 2.21. The van der Waals surface area contributed by atoms with Crippen LogP contribution in [0.25, 0.3) is 6.08 Å². The van der Waals surface area contributed by atoms with Crippen LogP contribution >= 0.6 is 35.6 Å². The number of benzene rings is 2. The van der Waals surface area contributed by atoms with Gasteiger partial charge in [0.05, 0.1) is 29.7 Å². The van der Waals surface area contributed by atoms with E-state index in [0.29, 0.717) is 57.9 Å². The van der Waals surface area contributed by atoms with Crippen molar-refractivity contribution in [2.45, 2.75) is 40.0 Å². The van der Waals surface area contributed by atoms with Gasteiger partial charge < -0.3 is 14.2 Å². The Bertz CT molecular complexity index is 1100. The van der Waals surface area contributed by atoms with Crippen LogP contribution in [0, 0.1) is 6.92 Å². The van der Waals surface area contributed by atoms with E-state index in [1.807, 2.05) is 13.0 Å². The van der Waals surface area contributed by atoms with E-state index in [1.54, 1.807) is 19.2 Å². The summed E-state index contributed by atoms with van der Waals surface area (Å²) in [6, 6.07) is 9.90. The first-order valence-electron chi connectivity index (χ1n) is 11.2. The Labute approximate surface area is 216 Å². The molecule has 0 unspecified atom stereocenters. The maximum atomic E-state index is 12.3. The molecule has 2 aromatic carbocycles. The summed E-state index contributed by atoms with van der Waals surface area (Å²) in [6.45, 7) is 9.69. The molecule has 0 aliphatic carbocycles. The number of aryl methyl sites for hydroxylation is 1. The van der Waals surface area contributed by atoms with Crippen LogP contribution in [-0.2, 0) is 4.79 Å². The van der Waals surface area contributed by atoms with E-state index in [9.17, 15) is 4.79 Å². The predicted octanol–water partition coefficient (Wildman–Crippen LogP) is 6.85. The van der Waals surface area contributed by atoms with Crippen molar-refractivity contribution in [2.24, 2.45) is 0 Å². The monoisotopic (exact) mass is 519 g/mol. The number of halogens is 1. The van der Waals surface area contributed by atoms with E-state index in [-0.39, 0.29) is 5.91 Å². The van der Waals surface area contributed by atoms with Crippen molar-refractivity contribution in [3.8, 4) is 17.2 Å². The highest BCUT2D eigenvalue weighted by Gasteiger charge is 2.28. The highest BCUT2D eigenvalue weighted by Crippen LogP contribution is 2.39. The lowest BCUT2D eigenvalue weighted by Crippen LogP contribution is -2.22.